The van der Waals surface area contributed by atoms with E-state index >= 15 is 0 Å². The van der Waals surface area contributed by atoms with Crippen LogP contribution in [0.5, 0.6) is 0 Å². The van der Waals surface area contributed by atoms with E-state index in [0.29, 0.717) is 16.4 Å². The SMILES string of the molecule is Cc1nn(C)c(Cl)c1Cn1nc(C(=O)O)ccc1=O. The van der Waals surface area contributed by atoms with Gasteiger partial charge in [0.1, 0.15) is 5.15 Å². The highest BCUT2D eigenvalue weighted by Crippen LogP contribution is 2.18. The number of aromatic carboxylic acids is 1. The average molecular weight is 283 g/mol. The number of hydrogen-bond acceptors (Lipinski definition) is 4. The minimum Gasteiger partial charge on any atom is -0.476 e. The fraction of sp³-hybridized carbons (Fsp3) is 0.273. The molecule has 0 spiro atoms. The van der Waals surface area contributed by atoms with Gasteiger partial charge in [-0.25, -0.2) is 9.48 Å². The number of rotatable bonds is 3. The summed E-state index contributed by atoms with van der Waals surface area (Å²) < 4.78 is 2.54. The minimum absolute atomic E-state index is 0.0818. The number of carbonyl (C=O) groups is 1. The summed E-state index contributed by atoms with van der Waals surface area (Å²) >= 11 is 6.06. The molecule has 100 valence electrons. The van der Waals surface area contributed by atoms with Crippen LogP contribution < -0.4 is 5.56 Å². The molecule has 0 atom stereocenters. The van der Waals surface area contributed by atoms with Crippen molar-refractivity contribution in [1.29, 1.82) is 0 Å². The van der Waals surface area contributed by atoms with Crippen LogP contribution in [0.25, 0.3) is 0 Å². The molecule has 2 aromatic heterocycles. The molecule has 0 saturated heterocycles. The van der Waals surface area contributed by atoms with Crippen LogP contribution in [-0.4, -0.2) is 30.6 Å². The average Bonchev–Trinajstić information content (AvgIpc) is 2.58. The Balaban J connectivity index is 2.46. The molecule has 2 heterocycles. The molecular weight excluding hydrogens is 272 g/mol. The normalized spacial score (nSPS) is 10.7. The molecule has 0 radical (unpaired) electrons. The number of hydrogen-bond donors (Lipinski definition) is 1. The van der Waals surface area contributed by atoms with E-state index in [0.717, 1.165) is 10.7 Å². The van der Waals surface area contributed by atoms with Gasteiger partial charge in [-0.1, -0.05) is 11.6 Å². The van der Waals surface area contributed by atoms with E-state index in [1.54, 1.807) is 14.0 Å². The Bertz CT molecular complexity index is 704. The molecule has 0 saturated carbocycles. The lowest BCUT2D eigenvalue weighted by atomic mass is 10.2. The van der Waals surface area contributed by atoms with Gasteiger partial charge in [-0.2, -0.15) is 10.2 Å². The van der Waals surface area contributed by atoms with Gasteiger partial charge in [-0.3, -0.25) is 9.48 Å². The Morgan fingerprint density at radius 2 is 2.11 bits per heavy atom. The maximum atomic E-state index is 11.7. The highest BCUT2D eigenvalue weighted by Gasteiger charge is 2.14. The van der Waals surface area contributed by atoms with Crippen molar-refractivity contribution in [1.82, 2.24) is 19.6 Å². The largest absolute Gasteiger partial charge is 0.476 e. The summed E-state index contributed by atoms with van der Waals surface area (Å²) in [5.74, 6) is -1.19. The van der Waals surface area contributed by atoms with E-state index in [1.807, 2.05) is 0 Å². The Kier molecular flexibility index (Phi) is 3.39. The lowest BCUT2D eigenvalue weighted by molar-refractivity contribution is 0.0687. The second-order valence-corrected chi connectivity index (χ2v) is 4.36. The van der Waals surface area contributed by atoms with Crippen molar-refractivity contribution in [2.75, 3.05) is 0 Å². The molecule has 1 N–H and O–H groups in total. The lowest BCUT2D eigenvalue weighted by Crippen LogP contribution is -2.25. The summed E-state index contributed by atoms with van der Waals surface area (Å²) in [6, 6.07) is 2.33. The number of aromatic nitrogens is 4. The number of carboxylic acid groups (broad SMARTS) is 1. The molecule has 0 amide bonds. The van der Waals surface area contributed by atoms with Crippen molar-refractivity contribution in [3.05, 3.63) is 44.6 Å². The highest BCUT2D eigenvalue weighted by molar-refractivity contribution is 6.30. The van der Waals surface area contributed by atoms with E-state index in [4.69, 9.17) is 16.7 Å². The molecule has 7 nitrogen and oxygen atoms in total. The fourth-order valence-electron chi connectivity index (χ4n) is 1.68. The predicted octanol–water partition coefficient (Wildman–Crippen LogP) is 0.685. The Morgan fingerprint density at radius 1 is 1.42 bits per heavy atom. The smallest absolute Gasteiger partial charge is 0.356 e. The van der Waals surface area contributed by atoms with Gasteiger partial charge in [0.05, 0.1) is 12.2 Å². The molecule has 2 rings (SSSR count). The van der Waals surface area contributed by atoms with Gasteiger partial charge in [-0.15, -0.1) is 0 Å². The molecule has 19 heavy (non-hydrogen) atoms. The maximum absolute atomic E-state index is 11.7. The summed E-state index contributed by atoms with van der Waals surface area (Å²) in [6.45, 7) is 1.84. The van der Waals surface area contributed by atoms with Crippen LogP contribution in [0.3, 0.4) is 0 Å². The maximum Gasteiger partial charge on any atom is 0.356 e. The number of halogens is 1. The van der Waals surface area contributed by atoms with Crippen LogP contribution in [0.4, 0.5) is 0 Å². The third-order valence-corrected chi connectivity index (χ3v) is 3.14. The van der Waals surface area contributed by atoms with Gasteiger partial charge in [0, 0.05) is 18.7 Å². The van der Waals surface area contributed by atoms with Gasteiger partial charge in [0.25, 0.3) is 5.56 Å². The van der Waals surface area contributed by atoms with Crippen molar-refractivity contribution < 1.29 is 9.90 Å². The van der Waals surface area contributed by atoms with Crippen LogP contribution >= 0.6 is 11.6 Å². The van der Waals surface area contributed by atoms with Crippen molar-refractivity contribution in [2.24, 2.45) is 7.05 Å². The zero-order valence-corrected chi connectivity index (χ0v) is 11.0. The first-order chi connectivity index (χ1) is 8.90. The van der Waals surface area contributed by atoms with E-state index in [1.165, 1.54) is 10.7 Å². The Labute approximate surface area is 113 Å². The van der Waals surface area contributed by atoms with Gasteiger partial charge in [0.15, 0.2) is 5.69 Å². The first-order valence-electron chi connectivity index (χ1n) is 5.39. The summed E-state index contributed by atoms with van der Waals surface area (Å²) in [7, 11) is 1.68. The first-order valence-corrected chi connectivity index (χ1v) is 5.77. The van der Waals surface area contributed by atoms with E-state index in [-0.39, 0.29) is 12.2 Å². The number of carboxylic acids is 1. The zero-order chi connectivity index (χ0) is 14.2. The summed E-state index contributed by atoms with van der Waals surface area (Å²) in [5.41, 5.74) is 0.713. The summed E-state index contributed by atoms with van der Waals surface area (Å²) in [5, 5.41) is 17.1. The van der Waals surface area contributed by atoms with Crippen molar-refractivity contribution in [3.8, 4) is 0 Å². The van der Waals surface area contributed by atoms with Crippen LogP contribution in [0.15, 0.2) is 16.9 Å². The second kappa shape index (κ2) is 4.85. The molecule has 0 fully saturated rings. The summed E-state index contributed by atoms with van der Waals surface area (Å²) in [4.78, 5) is 22.5. The standard InChI is InChI=1S/C11H11ClN4O3/c1-6-7(10(12)15(2)13-6)5-16-9(17)4-3-8(14-16)11(18)19/h3-4H,5H2,1-2H3,(H,18,19). The quantitative estimate of drug-likeness (QED) is 0.894. The first kappa shape index (κ1) is 13.3. The van der Waals surface area contributed by atoms with E-state index in [2.05, 4.69) is 10.2 Å². The van der Waals surface area contributed by atoms with Crippen molar-refractivity contribution in [3.63, 3.8) is 0 Å². The molecule has 0 aliphatic heterocycles. The zero-order valence-electron chi connectivity index (χ0n) is 10.3. The van der Waals surface area contributed by atoms with Crippen molar-refractivity contribution >= 4 is 17.6 Å². The van der Waals surface area contributed by atoms with Crippen molar-refractivity contribution in [2.45, 2.75) is 13.5 Å². The van der Waals surface area contributed by atoms with Gasteiger partial charge in [-0.05, 0) is 13.0 Å². The second-order valence-electron chi connectivity index (χ2n) is 4.00. The van der Waals surface area contributed by atoms with E-state index in [9.17, 15) is 9.59 Å². The molecule has 0 aliphatic carbocycles. The van der Waals surface area contributed by atoms with Gasteiger partial charge in [0.2, 0.25) is 0 Å². The predicted molar refractivity (Wildman–Crippen MR) is 67.5 cm³/mol. The third kappa shape index (κ3) is 2.50. The van der Waals surface area contributed by atoms with E-state index < -0.39 is 11.5 Å². The topological polar surface area (TPSA) is 90.0 Å². The fourth-order valence-corrected chi connectivity index (χ4v) is 1.91. The molecule has 0 bridgehead atoms. The van der Waals surface area contributed by atoms with Crippen LogP contribution in [0.1, 0.15) is 21.7 Å². The summed E-state index contributed by atoms with van der Waals surface area (Å²) in [6.07, 6.45) is 0. The van der Waals surface area contributed by atoms with Crippen LogP contribution in [0, 0.1) is 6.92 Å². The number of nitrogens with zero attached hydrogens (tertiary/aromatic N) is 4. The van der Waals surface area contributed by atoms with Crippen LogP contribution in [-0.2, 0) is 13.6 Å². The molecular formula is C11H11ClN4O3. The minimum atomic E-state index is -1.19. The molecule has 2 aromatic rings. The molecule has 0 unspecified atom stereocenters. The van der Waals surface area contributed by atoms with Gasteiger partial charge >= 0.3 is 5.97 Å². The monoisotopic (exact) mass is 282 g/mol. The Hall–Kier alpha value is -2.15. The van der Waals surface area contributed by atoms with Crippen LogP contribution in [0.2, 0.25) is 5.15 Å². The highest BCUT2D eigenvalue weighted by atomic mass is 35.5. The third-order valence-electron chi connectivity index (χ3n) is 2.66. The molecule has 0 aromatic carbocycles. The lowest BCUT2D eigenvalue weighted by Gasteiger charge is -2.05. The number of aryl methyl sites for hydroxylation is 2. The van der Waals surface area contributed by atoms with Gasteiger partial charge < -0.3 is 5.11 Å². The molecule has 0 aliphatic rings. The molecule has 8 heteroatoms. The Morgan fingerprint density at radius 3 is 2.63 bits per heavy atom.